The summed E-state index contributed by atoms with van der Waals surface area (Å²) in [4.78, 5) is 139. The monoisotopic (exact) mass is 1310 g/mol. The zero-order valence-electron chi connectivity index (χ0n) is 51.7. The maximum atomic E-state index is 14.9. The van der Waals surface area contributed by atoms with Crippen LogP contribution in [0.5, 0.6) is 11.5 Å². The highest BCUT2D eigenvalue weighted by atomic mass is 32.1. The van der Waals surface area contributed by atoms with Crippen LogP contribution in [0.3, 0.4) is 0 Å². The van der Waals surface area contributed by atoms with Gasteiger partial charge in [0.25, 0.3) is 0 Å². The van der Waals surface area contributed by atoms with Crippen LogP contribution in [-0.4, -0.2) is 169 Å². The molecule has 92 heavy (non-hydrogen) atoms. The first kappa shape index (κ1) is 74.0. The van der Waals surface area contributed by atoms with Crippen molar-refractivity contribution in [3.05, 3.63) is 144 Å². The summed E-state index contributed by atoms with van der Waals surface area (Å²) in [5.41, 5.74) is 8.07. The van der Waals surface area contributed by atoms with E-state index >= 15 is 0 Å². The van der Waals surface area contributed by atoms with Crippen LogP contribution in [0, 0.1) is 11.8 Å². The van der Waals surface area contributed by atoms with Gasteiger partial charge < -0.3 is 79.1 Å². The minimum Gasteiger partial charge on any atom is -0.508 e. The van der Waals surface area contributed by atoms with Gasteiger partial charge in [0.1, 0.15) is 59.8 Å². The number of nitrogens with one attached hydrogen (secondary N) is 9. The van der Waals surface area contributed by atoms with Crippen molar-refractivity contribution in [2.75, 3.05) is 18.1 Å². The smallest absolute Gasteiger partial charge is 0.328 e. The number of phenols is 2. The minimum atomic E-state index is -1.79. The zero-order valence-corrected chi connectivity index (χ0v) is 53.5. The van der Waals surface area contributed by atoms with Crippen molar-refractivity contribution < 1.29 is 73.5 Å². The molecule has 5 rings (SSSR count). The van der Waals surface area contributed by atoms with E-state index in [0.29, 0.717) is 34.1 Å². The van der Waals surface area contributed by atoms with Crippen LogP contribution >= 0.6 is 25.3 Å². The fourth-order valence-electron chi connectivity index (χ4n) is 9.84. The number of hydrogen-bond donors (Lipinski definition) is 17. The molecular formula is C65H84N10O15S2. The first-order valence-corrected chi connectivity index (χ1v) is 31.3. The highest BCUT2D eigenvalue weighted by molar-refractivity contribution is 7.80. The number of rotatable bonds is 35. The molecule has 0 heterocycles. The molecule has 11 atom stereocenters. The van der Waals surface area contributed by atoms with E-state index in [1.54, 1.807) is 62.4 Å². The maximum Gasteiger partial charge on any atom is 0.328 e. The molecule has 496 valence electrons. The number of phenolic OH excluding ortho intramolecular Hbond substituents is 2. The Morgan fingerprint density at radius 3 is 1.22 bits per heavy atom. The Morgan fingerprint density at radius 2 is 0.772 bits per heavy atom. The van der Waals surface area contributed by atoms with Gasteiger partial charge in [-0.2, -0.15) is 25.3 Å². The van der Waals surface area contributed by atoms with Gasteiger partial charge in [-0.1, -0.05) is 125 Å². The van der Waals surface area contributed by atoms with Crippen LogP contribution in [0.1, 0.15) is 69.7 Å². The number of aliphatic carboxylic acids is 1. The zero-order chi connectivity index (χ0) is 67.8. The van der Waals surface area contributed by atoms with Crippen molar-refractivity contribution in [3.8, 4) is 11.5 Å². The molecule has 0 fully saturated rings. The van der Waals surface area contributed by atoms with Crippen LogP contribution in [0.4, 0.5) is 0 Å². The lowest BCUT2D eigenvalue weighted by molar-refractivity contribution is -0.145. The number of benzene rings is 5. The number of carbonyl (C=O) groups excluding carboxylic acids is 9. The average molecular weight is 1310 g/mol. The van der Waals surface area contributed by atoms with Crippen molar-refractivity contribution in [1.82, 2.24) is 47.9 Å². The third kappa shape index (κ3) is 23.2. The van der Waals surface area contributed by atoms with Crippen LogP contribution in [0.2, 0.25) is 0 Å². The Hall–Kier alpha value is -8.76. The second kappa shape index (κ2) is 36.3. The van der Waals surface area contributed by atoms with Crippen molar-refractivity contribution in [1.29, 1.82) is 0 Å². The summed E-state index contributed by atoms with van der Waals surface area (Å²) in [5, 5.41) is 75.3. The Labute approximate surface area is 544 Å². The number of fused-ring (bicyclic) bond motifs is 1. The fourth-order valence-corrected chi connectivity index (χ4v) is 10.4. The van der Waals surface area contributed by atoms with Crippen molar-refractivity contribution in [3.63, 3.8) is 0 Å². The topological polar surface area (TPSA) is 406 Å². The van der Waals surface area contributed by atoms with E-state index in [1.807, 2.05) is 38.1 Å². The van der Waals surface area contributed by atoms with Gasteiger partial charge in [0.2, 0.25) is 53.2 Å². The lowest BCUT2D eigenvalue weighted by Gasteiger charge is -2.29. The number of aromatic hydroxyl groups is 2. The van der Waals surface area contributed by atoms with E-state index in [0.717, 1.165) is 12.3 Å². The second-order valence-electron chi connectivity index (χ2n) is 23.2. The number of amides is 9. The molecule has 0 saturated heterocycles. The Morgan fingerprint density at radius 1 is 0.413 bits per heavy atom. The van der Waals surface area contributed by atoms with Crippen LogP contribution in [0.25, 0.3) is 10.8 Å². The van der Waals surface area contributed by atoms with E-state index < -0.39 is 138 Å². The van der Waals surface area contributed by atoms with Crippen molar-refractivity contribution in [2.45, 2.75) is 140 Å². The van der Waals surface area contributed by atoms with Crippen molar-refractivity contribution >= 4 is 95.2 Å². The molecule has 0 aliphatic heterocycles. The lowest BCUT2D eigenvalue weighted by atomic mass is 9.96. The molecule has 25 nitrogen and oxygen atoms in total. The summed E-state index contributed by atoms with van der Waals surface area (Å²) < 4.78 is 0. The SMILES string of the molecule is CC(C)C[C@H](NC(=O)[C@H](Cc1ccc(O)cc1)NC(=O)[C@H](CS)NC(=O)[C@@H](CO)NC(=O)[C@H](Cc1ccccc1)NC(=O)[C@H](CS)NC(=O)[C@@H](N)CC(C)C)C(=O)N[C@@H](Cc1cccc2ccccc12)C(=O)N[C@@H](Cc1ccc(O)cc1)C(=O)N[C@H](C(=O)O)[C@@H](C)O. The third-order valence-electron chi connectivity index (χ3n) is 14.8. The molecule has 0 unspecified atom stereocenters. The van der Waals surface area contributed by atoms with Gasteiger partial charge >= 0.3 is 5.97 Å². The summed E-state index contributed by atoms with van der Waals surface area (Å²) in [6.45, 7) is 7.44. The second-order valence-corrected chi connectivity index (χ2v) is 24.0. The Balaban J connectivity index is 1.40. The number of hydrogen-bond acceptors (Lipinski definition) is 17. The van der Waals surface area contributed by atoms with Crippen LogP contribution in [-0.2, 0) is 73.6 Å². The third-order valence-corrected chi connectivity index (χ3v) is 15.5. The number of thiol groups is 2. The summed E-state index contributed by atoms with van der Waals surface area (Å²) >= 11 is 8.54. The van der Waals surface area contributed by atoms with Gasteiger partial charge in [0.05, 0.1) is 18.8 Å². The summed E-state index contributed by atoms with van der Waals surface area (Å²) in [6, 6.07) is 17.8. The predicted molar refractivity (Wildman–Crippen MR) is 350 cm³/mol. The van der Waals surface area contributed by atoms with Gasteiger partial charge in [-0.15, -0.1) is 0 Å². The first-order chi connectivity index (χ1) is 43.7. The van der Waals surface area contributed by atoms with Crippen LogP contribution < -0.4 is 53.6 Å². The van der Waals surface area contributed by atoms with E-state index in [9.17, 15) is 73.5 Å². The molecule has 0 aliphatic carbocycles. The first-order valence-electron chi connectivity index (χ1n) is 30.0. The standard InChI is InChI=1S/C65H84N10O15S2/c1-35(2)26-46(66)56(80)73-53(33-91)63(87)69-48(28-38-12-7-6-8-13-38)59(83)72-52(32-76)62(86)74-54(34-92)64(88)70-49(29-39-18-22-43(78)23-19-39)58(82)67-47(27-36(3)4)57(81)71-51(31-42-16-11-15-41-14-9-10-17-45(41)42)60(84)68-50(30-40-20-24-44(79)25-21-40)61(85)75-55(37(5)77)65(89)90/h6-25,35-37,46-55,76-79,91-92H,26-34,66H2,1-5H3,(H,67,82)(H,68,84)(H,69,87)(H,70,88)(H,71,81)(H,72,83)(H,73,80)(H,74,86)(H,75,85)(H,89,90)/t37-,46+,47+,48+,49+,50+,51+,52-,53+,54+,55+/m1/s1. The molecule has 5 aromatic carbocycles. The van der Waals surface area contributed by atoms with Gasteiger partial charge in [0, 0.05) is 37.2 Å². The van der Waals surface area contributed by atoms with E-state index in [1.165, 1.54) is 48.5 Å². The normalized spacial score (nSPS) is 14.9. The van der Waals surface area contributed by atoms with E-state index in [-0.39, 0.29) is 61.2 Å². The van der Waals surface area contributed by atoms with Gasteiger partial charge in [0.15, 0.2) is 6.04 Å². The average Bonchev–Trinajstić information content (AvgIpc) is 0.990. The summed E-state index contributed by atoms with van der Waals surface area (Å²) in [6.07, 6.45) is -2.08. The van der Waals surface area contributed by atoms with Crippen LogP contribution in [0.15, 0.2) is 121 Å². The molecule has 0 bridgehead atoms. The lowest BCUT2D eigenvalue weighted by Crippen LogP contribution is -2.62. The van der Waals surface area contributed by atoms with E-state index in [2.05, 4.69) is 73.1 Å². The maximum absolute atomic E-state index is 14.9. The molecule has 27 heteroatoms. The molecule has 0 aromatic heterocycles. The molecule has 0 saturated carbocycles. The van der Waals surface area contributed by atoms with Gasteiger partial charge in [-0.3, -0.25) is 43.2 Å². The molecule has 16 N–H and O–H groups in total. The molecule has 9 amide bonds. The van der Waals surface area contributed by atoms with Crippen molar-refractivity contribution in [2.24, 2.45) is 17.6 Å². The summed E-state index contributed by atoms with van der Waals surface area (Å²) in [7, 11) is 0. The fraction of sp³-hybridized carbons (Fsp3) is 0.415. The number of carboxylic acid groups (broad SMARTS) is 1. The number of carboxylic acids is 1. The number of aliphatic hydroxyl groups excluding tert-OH is 2. The quantitative estimate of drug-likeness (QED) is 0.0247. The highest BCUT2D eigenvalue weighted by Crippen LogP contribution is 2.22. The van der Waals surface area contributed by atoms with E-state index in [4.69, 9.17) is 5.73 Å². The molecule has 0 radical (unpaired) electrons. The molecular weight excluding hydrogens is 1220 g/mol. The Kier molecular flexibility index (Phi) is 29.2. The molecule has 0 spiro atoms. The number of nitrogens with two attached hydrogens (primary N) is 1. The largest absolute Gasteiger partial charge is 0.508 e. The number of carbonyl (C=O) groups is 10. The Bertz CT molecular complexity index is 3320. The molecule has 0 aliphatic rings. The highest BCUT2D eigenvalue weighted by Gasteiger charge is 2.37. The number of aliphatic hydroxyl groups is 2. The minimum absolute atomic E-state index is 0.0409. The predicted octanol–water partition coefficient (Wildman–Crippen LogP) is 0.622. The molecule has 5 aromatic rings. The van der Waals surface area contributed by atoms with Gasteiger partial charge in [-0.05, 0) is 88.9 Å². The van der Waals surface area contributed by atoms with Gasteiger partial charge in [-0.25, -0.2) is 4.79 Å². The summed E-state index contributed by atoms with van der Waals surface area (Å²) in [5.74, 6) is -10.7.